The van der Waals surface area contributed by atoms with Gasteiger partial charge in [-0.05, 0) is 55.3 Å². The minimum atomic E-state index is -3.54. The maximum atomic E-state index is 12.8. The lowest BCUT2D eigenvalue weighted by molar-refractivity contribution is 0.0599. The first kappa shape index (κ1) is 20.0. The van der Waals surface area contributed by atoms with Crippen LogP contribution in [0.3, 0.4) is 0 Å². The summed E-state index contributed by atoms with van der Waals surface area (Å²) >= 11 is 1.19. The quantitative estimate of drug-likeness (QED) is 0.544. The Morgan fingerprint density at radius 3 is 2.36 bits per heavy atom. The van der Waals surface area contributed by atoms with Crippen molar-refractivity contribution in [3.8, 4) is 0 Å². The third-order valence-electron chi connectivity index (χ3n) is 4.32. The topological polar surface area (TPSA) is 60.4 Å². The fourth-order valence-electron chi connectivity index (χ4n) is 2.78. The lowest BCUT2D eigenvalue weighted by Crippen LogP contribution is -2.06. The van der Waals surface area contributed by atoms with Crippen LogP contribution in [0, 0.1) is 13.8 Å². The molecule has 0 aliphatic carbocycles. The van der Waals surface area contributed by atoms with E-state index in [2.05, 4.69) is 0 Å². The summed E-state index contributed by atoms with van der Waals surface area (Å²) in [6.07, 6.45) is 3.60. The van der Waals surface area contributed by atoms with Crippen molar-refractivity contribution in [3.05, 3.63) is 81.7 Å². The van der Waals surface area contributed by atoms with Crippen LogP contribution in [-0.2, 0) is 14.6 Å². The molecule has 0 saturated carbocycles. The zero-order chi connectivity index (χ0) is 20.3. The average Bonchev–Trinajstić information content (AvgIpc) is 3.16. The van der Waals surface area contributed by atoms with E-state index in [1.165, 1.54) is 18.4 Å². The molecular weight excluding hydrogens is 392 g/mol. The number of methoxy groups -OCH3 is 1. The smallest absolute Gasteiger partial charge is 0.338 e. The molecule has 0 aliphatic rings. The minimum Gasteiger partial charge on any atom is -0.465 e. The number of aryl methyl sites for hydroxylation is 2. The van der Waals surface area contributed by atoms with Crippen LogP contribution in [0.2, 0.25) is 0 Å². The highest BCUT2D eigenvalue weighted by molar-refractivity contribution is 7.93. The second kappa shape index (κ2) is 8.12. The van der Waals surface area contributed by atoms with E-state index in [0.29, 0.717) is 5.56 Å². The van der Waals surface area contributed by atoms with E-state index >= 15 is 0 Å². The zero-order valence-corrected chi connectivity index (χ0v) is 17.4. The summed E-state index contributed by atoms with van der Waals surface area (Å²) < 4.78 is 30.7. The highest BCUT2D eigenvalue weighted by Gasteiger charge is 2.19. The number of benzene rings is 2. The second-order valence-electron chi connectivity index (χ2n) is 6.34. The molecule has 2 aromatic carbocycles. The SMILES string of the molecule is COC(=O)c1c(C)cccc1C=Cc1ccc(S(=O)(=O)c2ccc(C)cc2)s1. The molecule has 0 N–H and O–H groups in total. The number of hydrogen-bond acceptors (Lipinski definition) is 5. The normalized spacial score (nSPS) is 11.7. The first-order chi connectivity index (χ1) is 13.3. The molecule has 0 saturated heterocycles. The Morgan fingerprint density at radius 2 is 1.68 bits per heavy atom. The van der Waals surface area contributed by atoms with Crippen molar-refractivity contribution in [1.82, 2.24) is 0 Å². The maximum Gasteiger partial charge on any atom is 0.338 e. The third kappa shape index (κ3) is 4.08. The number of hydrogen-bond donors (Lipinski definition) is 0. The van der Waals surface area contributed by atoms with Gasteiger partial charge in [-0.15, -0.1) is 11.3 Å². The van der Waals surface area contributed by atoms with E-state index < -0.39 is 15.8 Å². The lowest BCUT2D eigenvalue weighted by Gasteiger charge is -2.07. The number of rotatable bonds is 5. The van der Waals surface area contributed by atoms with Crippen molar-refractivity contribution in [2.45, 2.75) is 23.0 Å². The Balaban J connectivity index is 1.91. The van der Waals surface area contributed by atoms with Gasteiger partial charge < -0.3 is 4.74 Å². The number of thiophene rings is 1. The van der Waals surface area contributed by atoms with Gasteiger partial charge in [0.15, 0.2) is 0 Å². The van der Waals surface area contributed by atoms with E-state index in [4.69, 9.17) is 4.74 Å². The number of ether oxygens (including phenoxy) is 1. The van der Waals surface area contributed by atoms with Crippen molar-refractivity contribution >= 4 is 39.3 Å². The van der Waals surface area contributed by atoms with E-state index in [0.717, 1.165) is 21.6 Å². The number of carbonyl (C=O) groups excluding carboxylic acids is 1. The molecule has 0 aliphatic heterocycles. The monoisotopic (exact) mass is 412 g/mol. The van der Waals surface area contributed by atoms with Gasteiger partial charge in [0.1, 0.15) is 4.21 Å². The highest BCUT2D eigenvalue weighted by atomic mass is 32.2. The Labute approximate surface area is 169 Å². The van der Waals surface area contributed by atoms with Crippen LogP contribution in [0.4, 0.5) is 0 Å². The zero-order valence-electron chi connectivity index (χ0n) is 15.8. The minimum absolute atomic E-state index is 0.280. The van der Waals surface area contributed by atoms with Crippen LogP contribution in [0.1, 0.15) is 31.9 Å². The number of carbonyl (C=O) groups is 1. The molecule has 0 radical (unpaired) electrons. The van der Waals surface area contributed by atoms with Crippen molar-refractivity contribution < 1.29 is 17.9 Å². The molecule has 6 heteroatoms. The van der Waals surface area contributed by atoms with Crippen LogP contribution in [0.25, 0.3) is 12.2 Å². The predicted molar refractivity (Wildman–Crippen MR) is 112 cm³/mol. The molecule has 1 heterocycles. The molecule has 1 aromatic heterocycles. The molecule has 144 valence electrons. The van der Waals surface area contributed by atoms with Gasteiger partial charge in [0.25, 0.3) is 0 Å². The predicted octanol–water partition coefficient (Wildman–Crippen LogP) is 5.15. The lowest BCUT2D eigenvalue weighted by atomic mass is 10.0. The largest absolute Gasteiger partial charge is 0.465 e. The van der Waals surface area contributed by atoms with Gasteiger partial charge in [-0.25, -0.2) is 13.2 Å². The van der Waals surface area contributed by atoms with Gasteiger partial charge in [-0.3, -0.25) is 0 Å². The van der Waals surface area contributed by atoms with Gasteiger partial charge in [0.2, 0.25) is 9.84 Å². The van der Waals surface area contributed by atoms with Crippen molar-refractivity contribution in [2.75, 3.05) is 7.11 Å². The van der Waals surface area contributed by atoms with Crippen LogP contribution in [-0.4, -0.2) is 21.5 Å². The van der Waals surface area contributed by atoms with E-state index in [9.17, 15) is 13.2 Å². The fraction of sp³-hybridized carbons (Fsp3) is 0.136. The van der Waals surface area contributed by atoms with Crippen molar-refractivity contribution in [1.29, 1.82) is 0 Å². The van der Waals surface area contributed by atoms with Crippen LogP contribution >= 0.6 is 11.3 Å². The summed E-state index contributed by atoms with van der Waals surface area (Å²) in [5, 5.41) is 0. The Bertz CT molecular complexity index is 1140. The molecule has 4 nitrogen and oxygen atoms in total. The van der Waals surface area contributed by atoms with Gasteiger partial charge in [-0.2, -0.15) is 0 Å². The summed E-state index contributed by atoms with van der Waals surface area (Å²) in [6, 6.07) is 15.7. The molecule has 28 heavy (non-hydrogen) atoms. The molecule has 0 unspecified atom stereocenters. The Morgan fingerprint density at radius 1 is 0.964 bits per heavy atom. The summed E-state index contributed by atoms with van der Waals surface area (Å²) in [4.78, 5) is 13.1. The van der Waals surface area contributed by atoms with Gasteiger partial charge >= 0.3 is 5.97 Å². The summed E-state index contributed by atoms with van der Waals surface area (Å²) in [5.74, 6) is -0.397. The van der Waals surface area contributed by atoms with E-state index in [1.54, 1.807) is 48.6 Å². The van der Waals surface area contributed by atoms with E-state index in [-0.39, 0.29) is 9.10 Å². The van der Waals surface area contributed by atoms with Gasteiger partial charge in [0.05, 0.1) is 17.6 Å². The van der Waals surface area contributed by atoms with Gasteiger partial charge in [0, 0.05) is 4.88 Å². The molecule has 0 atom stereocenters. The molecule has 3 aromatic rings. The van der Waals surface area contributed by atoms with E-state index in [1.807, 2.05) is 32.0 Å². The molecule has 0 fully saturated rings. The highest BCUT2D eigenvalue weighted by Crippen LogP contribution is 2.29. The summed E-state index contributed by atoms with van der Waals surface area (Å²) in [6.45, 7) is 3.76. The molecule has 0 spiro atoms. The van der Waals surface area contributed by atoms with Crippen LogP contribution in [0.5, 0.6) is 0 Å². The second-order valence-corrected chi connectivity index (χ2v) is 9.63. The number of sulfone groups is 1. The van der Waals surface area contributed by atoms with Crippen molar-refractivity contribution in [2.24, 2.45) is 0 Å². The summed E-state index contributed by atoms with van der Waals surface area (Å²) in [5.41, 5.74) is 3.06. The Hall–Kier alpha value is -2.70. The first-order valence-electron chi connectivity index (χ1n) is 8.60. The van der Waals surface area contributed by atoms with Crippen molar-refractivity contribution in [3.63, 3.8) is 0 Å². The Kier molecular flexibility index (Phi) is 5.82. The maximum absolute atomic E-state index is 12.8. The summed E-state index contributed by atoms with van der Waals surface area (Å²) in [7, 11) is -2.19. The molecule has 0 bridgehead atoms. The molecule has 3 rings (SSSR count). The number of esters is 1. The van der Waals surface area contributed by atoms with Crippen LogP contribution in [0.15, 0.2) is 63.7 Å². The molecular formula is C22H20O4S2. The fourth-order valence-corrected chi connectivity index (χ4v) is 5.41. The standard InChI is InChI=1S/C22H20O4S2/c1-15-7-12-19(13-8-15)28(24,25)20-14-11-18(27-20)10-9-17-6-4-5-16(2)21(17)22(23)26-3/h4-14H,1-3H3. The average molecular weight is 413 g/mol. The van der Waals surface area contributed by atoms with Gasteiger partial charge in [-0.1, -0.05) is 42.0 Å². The third-order valence-corrected chi connectivity index (χ3v) is 7.63. The first-order valence-corrected chi connectivity index (χ1v) is 10.9. The van der Waals surface area contributed by atoms with Crippen LogP contribution < -0.4 is 0 Å². The molecule has 0 amide bonds.